The molecule has 1 aliphatic rings. The monoisotopic (exact) mass is 317 g/mol. The number of aliphatic hydroxyl groups is 1. The van der Waals surface area contributed by atoms with Crippen LogP contribution in [0.3, 0.4) is 0 Å². The van der Waals surface area contributed by atoms with E-state index < -0.39 is 5.60 Å². The number of phenols is 1. The van der Waals surface area contributed by atoms with E-state index in [1.165, 1.54) is 6.42 Å². The van der Waals surface area contributed by atoms with Crippen molar-refractivity contribution in [1.82, 2.24) is 4.90 Å². The fourth-order valence-corrected chi connectivity index (χ4v) is 3.17. The Morgan fingerprint density at radius 1 is 1.10 bits per heavy atom. The average Bonchev–Trinajstić information content (AvgIpc) is 2.38. The first-order valence-corrected chi connectivity index (χ1v) is 7.17. The number of aromatic hydroxyl groups is 1. The lowest BCUT2D eigenvalue weighted by Gasteiger charge is -2.40. The van der Waals surface area contributed by atoms with E-state index >= 15 is 0 Å². The molecule has 1 unspecified atom stereocenters. The molecular weight excluding hydrogens is 290 g/mol. The van der Waals surface area contributed by atoms with Crippen molar-refractivity contribution in [3.8, 4) is 5.75 Å². The normalized spacial score (nSPS) is 18.5. The van der Waals surface area contributed by atoms with Crippen LogP contribution < -0.4 is 0 Å². The Kier molecular flexibility index (Phi) is 8.26. The lowest BCUT2D eigenvalue weighted by molar-refractivity contribution is -0.0277. The second kappa shape index (κ2) is 8.59. The van der Waals surface area contributed by atoms with Crippen LogP contribution in [-0.2, 0) is 0 Å². The molecule has 1 aliphatic carbocycles. The largest absolute Gasteiger partial charge is 0.508 e. The topological polar surface area (TPSA) is 75.2 Å². The number of rotatable bonds is 4. The maximum Gasteiger partial charge on any atom is 0.115 e. The number of phenolic OH excluding ortho intramolecular Hbond substituents is 1. The van der Waals surface area contributed by atoms with Gasteiger partial charge in [0, 0.05) is 12.5 Å². The fourth-order valence-electron chi connectivity index (χ4n) is 3.17. The highest BCUT2D eigenvalue weighted by atomic mass is 35.5. The molecule has 0 aromatic heterocycles. The molecule has 21 heavy (non-hydrogen) atoms. The molecular formula is C16H28ClNO3. The Labute approximate surface area is 133 Å². The smallest absolute Gasteiger partial charge is 0.115 e. The van der Waals surface area contributed by atoms with E-state index in [2.05, 4.69) is 4.90 Å². The molecule has 0 aliphatic heterocycles. The predicted octanol–water partition coefficient (Wildman–Crippen LogP) is 2.33. The van der Waals surface area contributed by atoms with Gasteiger partial charge in [0.1, 0.15) is 5.75 Å². The SMILES string of the molecule is CN(C)CC(c1ccc(O)cc1)C1(O)CCCCC1.Cl.O. The quantitative estimate of drug-likeness (QED) is 0.895. The van der Waals surface area contributed by atoms with Gasteiger partial charge < -0.3 is 20.6 Å². The summed E-state index contributed by atoms with van der Waals surface area (Å²) >= 11 is 0. The molecule has 0 bridgehead atoms. The maximum atomic E-state index is 11.0. The molecule has 0 heterocycles. The summed E-state index contributed by atoms with van der Waals surface area (Å²) in [6, 6.07) is 7.31. The molecule has 1 aromatic rings. The van der Waals surface area contributed by atoms with Gasteiger partial charge in [0.05, 0.1) is 5.60 Å². The van der Waals surface area contributed by atoms with Crippen molar-refractivity contribution < 1.29 is 15.7 Å². The third-order valence-corrected chi connectivity index (χ3v) is 4.21. The Bertz CT molecular complexity index is 402. The van der Waals surface area contributed by atoms with Crippen molar-refractivity contribution in [1.29, 1.82) is 0 Å². The van der Waals surface area contributed by atoms with Crippen molar-refractivity contribution in [2.75, 3.05) is 20.6 Å². The Morgan fingerprint density at radius 2 is 1.62 bits per heavy atom. The van der Waals surface area contributed by atoms with E-state index in [1.54, 1.807) is 12.1 Å². The van der Waals surface area contributed by atoms with Gasteiger partial charge in [-0.3, -0.25) is 0 Å². The molecule has 0 spiro atoms. The van der Waals surface area contributed by atoms with Gasteiger partial charge in [-0.25, -0.2) is 0 Å². The van der Waals surface area contributed by atoms with Gasteiger partial charge in [0.15, 0.2) is 0 Å². The summed E-state index contributed by atoms with van der Waals surface area (Å²) < 4.78 is 0. The molecule has 0 saturated heterocycles. The molecule has 1 aromatic carbocycles. The third kappa shape index (κ3) is 5.15. The molecule has 1 saturated carbocycles. The molecule has 122 valence electrons. The minimum Gasteiger partial charge on any atom is -0.508 e. The fraction of sp³-hybridized carbons (Fsp3) is 0.625. The van der Waals surface area contributed by atoms with Crippen LogP contribution in [0.2, 0.25) is 0 Å². The lowest BCUT2D eigenvalue weighted by Crippen LogP contribution is -2.42. The highest BCUT2D eigenvalue weighted by Gasteiger charge is 2.38. The maximum absolute atomic E-state index is 11.0. The first-order chi connectivity index (χ1) is 9.01. The number of hydrogen-bond acceptors (Lipinski definition) is 3. The zero-order valence-electron chi connectivity index (χ0n) is 12.9. The van der Waals surface area contributed by atoms with Crippen molar-refractivity contribution in [2.45, 2.75) is 43.6 Å². The predicted molar refractivity (Wildman–Crippen MR) is 88.3 cm³/mol. The summed E-state index contributed by atoms with van der Waals surface area (Å²) in [5, 5.41) is 20.4. The standard InChI is InChI=1S/C16H25NO2.ClH.H2O/c1-17(2)12-15(13-6-8-14(18)9-7-13)16(19)10-4-3-5-11-16;;/h6-9,15,18-19H,3-5,10-12H2,1-2H3;1H;1H2. The first kappa shape index (κ1) is 20.2. The van der Waals surface area contributed by atoms with Gasteiger partial charge in [-0.05, 0) is 44.6 Å². The Hall–Kier alpha value is -0.810. The zero-order chi connectivity index (χ0) is 13.9. The van der Waals surface area contributed by atoms with Crippen LogP contribution in [0.5, 0.6) is 5.75 Å². The van der Waals surface area contributed by atoms with Gasteiger partial charge in [-0.1, -0.05) is 31.4 Å². The minimum atomic E-state index is -0.598. The molecule has 4 nitrogen and oxygen atoms in total. The second-order valence-corrected chi connectivity index (χ2v) is 6.07. The minimum absolute atomic E-state index is 0. The molecule has 0 amide bonds. The van der Waals surface area contributed by atoms with Gasteiger partial charge in [0.2, 0.25) is 0 Å². The van der Waals surface area contributed by atoms with Gasteiger partial charge in [-0.15, -0.1) is 12.4 Å². The number of likely N-dealkylation sites (N-methyl/N-ethyl adjacent to an activating group) is 1. The van der Waals surface area contributed by atoms with E-state index in [0.717, 1.165) is 37.8 Å². The average molecular weight is 318 g/mol. The van der Waals surface area contributed by atoms with Gasteiger partial charge in [0.25, 0.3) is 0 Å². The number of halogens is 1. The van der Waals surface area contributed by atoms with Crippen LogP contribution in [-0.4, -0.2) is 46.8 Å². The summed E-state index contributed by atoms with van der Waals surface area (Å²) in [4.78, 5) is 2.13. The van der Waals surface area contributed by atoms with Gasteiger partial charge >= 0.3 is 0 Å². The third-order valence-electron chi connectivity index (χ3n) is 4.21. The molecule has 4 N–H and O–H groups in total. The van der Waals surface area contributed by atoms with Crippen LogP contribution >= 0.6 is 12.4 Å². The van der Waals surface area contributed by atoms with Crippen LogP contribution in [0.1, 0.15) is 43.6 Å². The number of benzene rings is 1. The second-order valence-electron chi connectivity index (χ2n) is 6.07. The van der Waals surface area contributed by atoms with E-state index in [0.29, 0.717) is 0 Å². The zero-order valence-corrected chi connectivity index (χ0v) is 13.7. The molecule has 5 heteroatoms. The van der Waals surface area contributed by atoms with Crippen LogP contribution in [0.15, 0.2) is 24.3 Å². The van der Waals surface area contributed by atoms with E-state index in [1.807, 2.05) is 26.2 Å². The van der Waals surface area contributed by atoms with Crippen LogP contribution in [0, 0.1) is 0 Å². The van der Waals surface area contributed by atoms with E-state index in [9.17, 15) is 10.2 Å². The summed E-state index contributed by atoms with van der Waals surface area (Å²) in [6.45, 7) is 0.835. The molecule has 0 radical (unpaired) electrons. The summed E-state index contributed by atoms with van der Waals surface area (Å²) in [6.07, 6.45) is 5.21. The van der Waals surface area contributed by atoms with Crippen molar-refractivity contribution >= 4 is 12.4 Å². The van der Waals surface area contributed by atoms with Crippen LogP contribution in [0.4, 0.5) is 0 Å². The molecule has 1 atom stereocenters. The lowest BCUT2D eigenvalue weighted by atomic mass is 9.72. The summed E-state index contributed by atoms with van der Waals surface area (Å²) in [5.41, 5.74) is 0.523. The van der Waals surface area contributed by atoms with Crippen molar-refractivity contribution in [2.24, 2.45) is 0 Å². The Balaban J connectivity index is 0.00000200. The number of nitrogens with zero attached hydrogens (tertiary/aromatic N) is 1. The van der Waals surface area contributed by atoms with Crippen LogP contribution in [0.25, 0.3) is 0 Å². The summed E-state index contributed by atoms with van der Waals surface area (Å²) in [5.74, 6) is 0.395. The Morgan fingerprint density at radius 3 is 2.10 bits per heavy atom. The summed E-state index contributed by atoms with van der Waals surface area (Å²) in [7, 11) is 4.08. The first-order valence-electron chi connectivity index (χ1n) is 7.17. The van der Waals surface area contributed by atoms with E-state index in [4.69, 9.17) is 0 Å². The molecule has 2 rings (SSSR count). The van der Waals surface area contributed by atoms with Crippen molar-refractivity contribution in [3.63, 3.8) is 0 Å². The number of hydrogen-bond donors (Lipinski definition) is 2. The molecule has 1 fully saturated rings. The highest BCUT2D eigenvalue weighted by molar-refractivity contribution is 5.85. The highest BCUT2D eigenvalue weighted by Crippen LogP contribution is 2.40. The van der Waals surface area contributed by atoms with Gasteiger partial charge in [-0.2, -0.15) is 0 Å². The van der Waals surface area contributed by atoms with Crippen molar-refractivity contribution in [3.05, 3.63) is 29.8 Å². The van der Waals surface area contributed by atoms with E-state index in [-0.39, 0.29) is 29.6 Å².